The number of rotatable bonds is 10. The number of ether oxygens (including phenoxy) is 1. The largest absolute Gasteiger partial charge is 0.507 e. The molecule has 1 aliphatic rings. The van der Waals surface area contributed by atoms with E-state index in [1.807, 2.05) is 24.3 Å². The number of nitrogens with zero attached hydrogens (tertiary/aromatic N) is 3. The van der Waals surface area contributed by atoms with Gasteiger partial charge in [-0.1, -0.05) is 90.0 Å². The molecule has 5 rings (SSSR count). The molecule has 0 bridgehead atoms. The third kappa shape index (κ3) is 6.43. The molecule has 41 heavy (non-hydrogen) atoms. The highest BCUT2D eigenvalue weighted by Crippen LogP contribution is 2.44. The van der Waals surface area contributed by atoms with Gasteiger partial charge in [0.25, 0.3) is 5.78 Å². The lowest BCUT2D eigenvalue weighted by Gasteiger charge is -2.22. The highest BCUT2D eigenvalue weighted by Gasteiger charge is 2.48. The van der Waals surface area contributed by atoms with E-state index >= 15 is 0 Å². The number of halogens is 2. The van der Waals surface area contributed by atoms with Crippen LogP contribution in [0.4, 0.5) is 5.13 Å². The van der Waals surface area contributed by atoms with Crippen LogP contribution in [0, 0.1) is 0 Å². The summed E-state index contributed by atoms with van der Waals surface area (Å²) in [5, 5.41) is 21.2. The minimum absolute atomic E-state index is 0.0580. The van der Waals surface area contributed by atoms with Crippen LogP contribution >= 0.6 is 46.3 Å². The summed E-state index contributed by atoms with van der Waals surface area (Å²) in [7, 11) is 0. The molecule has 0 aliphatic carbocycles. The molecule has 1 aliphatic heterocycles. The van der Waals surface area contributed by atoms with Gasteiger partial charge in [0.1, 0.15) is 11.5 Å². The van der Waals surface area contributed by atoms with Gasteiger partial charge in [0, 0.05) is 21.4 Å². The van der Waals surface area contributed by atoms with Gasteiger partial charge in [0.15, 0.2) is 4.34 Å². The van der Waals surface area contributed by atoms with Crippen LogP contribution in [-0.2, 0) is 15.3 Å². The molecule has 4 aromatic rings. The van der Waals surface area contributed by atoms with Crippen molar-refractivity contribution in [2.45, 2.75) is 35.9 Å². The Morgan fingerprint density at radius 3 is 2.56 bits per heavy atom. The van der Waals surface area contributed by atoms with E-state index in [1.54, 1.807) is 48.5 Å². The van der Waals surface area contributed by atoms with Crippen molar-refractivity contribution in [3.8, 4) is 5.75 Å². The molecule has 0 radical (unpaired) electrons. The second-order valence-corrected chi connectivity index (χ2v) is 12.2. The second-order valence-electron chi connectivity index (χ2n) is 9.18. The molecule has 1 atom stereocenters. The number of hydrogen-bond donors (Lipinski definition) is 1. The van der Waals surface area contributed by atoms with Crippen LogP contribution in [0.1, 0.15) is 42.5 Å². The first kappa shape index (κ1) is 29.1. The molecule has 1 fully saturated rings. The number of hydrogen-bond acceptors (Lipinski definition) is 8. The molecule has 11 heteroatoms. The average molecular weight is 627 g/mol. The zero-order chi connectivity index (χ0) is 28.9. The molecule has 2 heterocycles. The number of thioether (sulfide) groups is 1. The number of aliphatic hydroxyl groups excluding tert-OH is 1. The van der Waals surface area contributed by atoms with E-state index in [0.717, 1.165) is 18.4 Å². The van der Waals surface area contributed by atoms with E-state index in [1.165, 1.54) is 28.0 Å². The van der Waals surface area contributed by atoms with Crippen LogP contribution in [0.25, 0.3) is 5.76 Å². The van der Waals surface area contributed by atoms with Crippen molar-refractivity contribution in [2.75, 3.05) is 11.5 Å². The van der Waals surface area contributed by atoms with E-state index in [2.05, 4.69) is 17.1 Å². The third-order valence-electron chi connectivity index (χ3n) is 6.41. The van der Waals surface area contributed by atoms with Crippen molar-refractivity contribution < 1.29 is 19.4 Å². The smallest absolute Gasteiger partial charge is 0.301 e. The normalized spacial score (nSPS) is 16.4. The molecular weight excluding hydrogens is 601 g/mol. The Labute approximate surface area is 255 Å². The first-order chi connectivity index (χ1) is 19.9. The minimum Gasteiger partial charge on any atom is -0.507 e. The molecule has 210 valence electrons. The van der Waals surface area contributed by atoms with Gasteiger partial charge in [-0.05, 0) is 60.0 Å². The van der Waals surface area contributed by atoms with Gasteiger partial charge in [-0.3, -0.25) is 14.5 Å². The Balaban J connectivity index is 1.49. The molecule has 3 aromatic carbocycles. The summed E-state index contributed by atoms with van der Waals surface area (Å²) in [5.41, 5.74) is 1.82. The number of carbonyl (C=O) groups is 2. The van der Waals surface area contributed by atoms with E-state index < -0.39 is 17.7 Å². The molecule has 1 unspecified atom stereocenters. The highest BCUT2D eigenvalue weighted by atomic mass is 35.5. The highest BCUT2D eigenvalue weighted by molar-refractivity contribution is 8.00. The number of ketones is 1. The zero-order valence-electron chi connectivity index (χ0n) is 21.9. The van der Waals surface area contributed by atoms with Crippen molar-refractivity contribution >= 4 is 68.9 Å². The fraction of sp³-hybridized carbons (Fsp3) is 0.200. The number of benzene rings is 3. The fourth-order valence-electron chi connectivity index (χ4n) is 4.33. The standard InChI is InChI=1S/C30H25Cl2N3O4S2/c1-2-3-15-39-22-13-11-18(12-14-22)26(36)24-25(19-8-6-9-21(31)16-19)35(28(38)27(24)37)29-33-34-30(41-29)40-17-20-7-4-5-10-23(20)32/h4-14,16,25,36H,2-3,15,17H2,1H3/b26-24-. The predicted octanol–water partition coefficient (Wildman–Crippen LogP) is 7.94. The topological polar surface area (TPSA) is 92.6 Å². The molecular formula is C30H25Cl2N3O4S2. The van der Waals surface area contributed by atoms with Gasteiger partial charge in [-0.25, -0.2) is 0 Å². The fourth-order valence-corrected chi connectivity index (χ4v) is 6.69. The minimum atomic E-state index is -0.955. The van der Waals surface area contributed by atoms with Crippen LogP contribution in [0.3, 0.4) is 0 Å². The molecule has 1 amide bonds. The van der Waals surface area contributed by atoms with Crippen molar-refractivity contribution in [3.05, 3.63) is 105 Å². The van der Waals surface area contributed by atoms with Gasteiger partial charge >= 0.3 is 5.91 Å². The summed E-state index contributed by atoms with van der Waals surface area (Å²) in [6, 6.07) is 20.2. The third-order valence-corrected chi connectivity index (χ3v) is 9.12. The molecule has 0 saturated carbocycles. The Morgan fingerprint density at radius 1 is 1.05 bits per heavy atom. The summed E-state index contributed by atoms with van der Waals surface area (Å²) in [5.74, 6) is -0.722. The molecule has 0 spiro atoms. The van der Waals surface area contributed by atoms with Crippen molar-refractivity contribution in [2.24, 2.45) is 0 Å². The van der Waals surface area contributed by atoms with Crippen LogP contribution < -0.4 is 9.64 Å². The number of unbranched alkanes of at least 4 members (excludes halogenated alkanes) is 1. The van der Waals surface area contributed by atoms with Gasteiger partial charge in [0.05, 0.1) is 18.2 Å². The Morgan fingerprint density at radius 2 is 1.83 bits per heavy atom. The maximum Gasteiger partial charge on any atom is 0.301 e. The first-order valence-electron chi connectivity index (χ1n) is 12.9. The number of amides is 1. The Kier molecular flexibility index (Phi) is 9.29. The second kappa shape index (κ2) is 13.1. The first-order valence-corrected chi connectivity index (χ1v) is 15.4. The van der Waals surface area contributed by atoms with E-state index in [0.29, 0.717) is 43.6 Å². The van der Waals surface area contributed by atoms with Crippen LogP contribution in [-0.4, -0.2) is 33.6 Å². The lowest BCUT2D eigenvalue weighted by molar-refractivity contribution is -0.132. The number of aromatic nitrogens is 2. The SMILES string of the molecule is CCCCOc1ccc(/C(O)=C2/C(=O)C(=O)N(c3nnc(SCc4ccccc4Cl)s3)C2c2cccc(Cl)c2)cc1. The van der Waals surface area contributed by atoms with E-state index in [-0.39, 0.29) is 16.5 Å². The Hall–Kier alpha value is -3.37. The van der Waals surface area contributed by atoms with Gasteiger partial charge in [-0.2, -0.15) is 0 Å². The van der Waals surface area contributed by atoms with Gasteiger partial charge < -0.3 is 9.84 Å². The summed E-state index contributed by atoms with van der Waals surface area (Å²) >= 11 is 15.2. The average Bonchev–Trinajstić information content (AvgIpc) is 3.54. The number of Topliss-reactive ketones (excluding diaryl/α,β-unsaturated/α-hetero) is 1. The Bertz CT molecular complexity index is 1610. The quantitative estimate of drug-likeness (QED) is 0.0477. The van der Waals surface area contributed by atoms with E-state index in [9.17, 15) is 14.7 Å². The van der Waals surface area contributed by atoms with Crippen LogP contribution in [0.15, 0.2) is 82.7 Å². The molecule has 7 nitrogen and oxygen atoms in total. The molecule has 1 aromatic heterocycles. The zero-order valence-corrected chi connectivity index (χ0v) is 25.1. The molecule has 1 saturated heterocycles. The molecule has 1 N–H and O–H groups in total. The number of carbonyl (C=O) groups excluding carboxylic acids is 2. The van der Waals surface area contributed by atoms with Crippen molar-refractivity contribution in [1.82, 2.24) is 10.2 Å². The summed E-state index contributed by atoms with van der Waals surface area (Å²) in [6.07, 6.45) is 1.94. The summed E-state index contributed by atoms with van der Waals surface area (Å²) in [6.45, 7) is 2.67. The lowest BCUT2D eigenvalue weighted by Crippen LogP contribution is -2.29. The summed E-state index contributed by atoms with van der Waals surface area (Å²) in [4.78, 5) is 28.2. The van der Waals surface area contributed by atoms with Crippen LogP contribution in [0.5, 0.6) is 5.75 Å². The maximum atomic E-state index is 13.4. The monoisotopic (exact) mass is 625 g/mol. The van der Waals surface area contributed by atoms with Crippen molar-refractivity contribution in [3.63, 3.8) is 0 Å². The maximum absolute atomic E-state index is 13.4. The van der Waals surface area contributed by atoms with E-state index in [4.69, 9.17) is 27.9 Å². The number of anilines is 1. The van der Waals surface area contributed by atoms with Crippen molar-refractivity contribution in [1.29, 1.82) is 0 Å². The van der Waals surface area contributed by atoms with Gasteiger partial charge in [0.2, 0.25) is 5.13 Å². The van der Waals surface area contributed by atoms with Crippen LogP contribution in [0.2, 0.25) is 10.0 Å². The predicted molar refractivity (Wildman–Crippen MR) is 164 cm³/mol. The van der Waals surface area contributed by atoms with Gasteiger partial charge in [-0.15, -0.1) is 10.2 Å². The lowest BCUT2D eigenvalue weighted by atomic mass is 9.95. The summed E-state index contributed by atoms with van der Waals surface area (Å²) < 4.78 is 6.32. The number of aliphatic hydroxyl groups is 1.